The number of carbonyl (C=O) groups is 2. The Bertz CT molecular complexity index is 1070. The van der Waals surface area contributed by atoms with Gasteiger partial charge in [0.05, 0.1) is 25.8 Å². The van der Waals surface area contributed by atoms with Crippen LogP contribution in [0.5, 0.6) is 5.75 Å². The number of methoxy groups -OCH3 is 1. The number of carbonyl (C=O) groups excluding carboxylic acids is 2. The topological polar surface area (TPSA) is 82.1 Å². The number of fused-ring (bicyclic) bond motifs is 1. The number of hydrogen-bond donors (Lipinski definition) is 2. The van der Waals surface area contributed by atoms with E-state index in [4.69, 9.17) is 4.74 Å². The molecule has 2 heterocycles. The summed E-state index contributed by atoms with van der Waals surface area (Å²) in [5.41, 5.74) is 2.78. The SMILES string of the molecule is CCCNC(=O)N1CC(=O)N2[C@@H](CO)[C@H](c3ccc(C#Cc4cccc(OC)c4)cc3)[C@@H]2C1. The lowest BCUT2D eigenvalue weighted by molar-refractivity contribution is -0.159. The molecule has 0 saturated carbocycles. The van der Waals surface area contributed by atoms with Crippen molar-refractivity contribution in [2.24, 2.45) is 0 Å². The normalized spacial score (nSPS) is 21.4. The number of aliphatic hydroxyl groups excluding tert-OH is 1. The van der Waals surface area contributed by atoms with Crippen molar-refractivity contribution in [1.82, 2.24) is 15.1 Å². The number of amides is 3. The van der Waals surface area contributed by atoms with Gasteiger partial charge in [-0.2, -0.15) is 0 Å². The van der Waals surface area contributed by atoms with Gasteiger partial charge in [-0.25, -0.2) is 4.79 Å². The van der Waals surface area contributed by atoms with Crippen molar-refractivity contribution in [2.45, 2.75) is 31.3 Å². The molecule has 0 aliphatic carbocycles. The molecule has 0 unspecified atom stereocenters. The van der Waals surface area contributed by atoms with E-state index >= 15 is 0 Å². The number of ether oxygens (including phenoxy) is 1. The van der Waals surface area contributed by atoms with Crippen LogP contribution in [0.15, 0.2) is 48.5 Å². The molecular weight excluding hydrogens is 418 g/mol. The van der Waals surface area contributed by atoms with E-state index in [0.717, 1.165) is 28.9 Å². The lowest BCUT2D eigenvalue weighted by Crippen LogP contribution is -2.73. The van der Waals surface area contributed by atoms with E-state index in [1.807, 2.05) is 55.5 Å². The quantitative estimate of drug-likeness (QED) is 0.689. The fourth-order valence-electron chi connectivity index (χ4n) is 4.63. The van der Waals surface area contributed by atoms with Gasteiger partial charge in [-0.1, -0.05) is 37.0 Å². The Balaban J connectivity index is 1.49. The van der Waals surface area contributed by atoms with E-state index in [-0.39, 0.29) is 43.1 Å². The van der Waals surface area contributed by atoms with Gasteiger partial charge in [-0.3, -0.25) is 4.79 Å². The van der Waals surface area contributed by atoms with E-state index < -0.39 is 0 Å². The van der Waals surface area contributed by atoms with Crippen LogP contribution in [0.25, 0.3) is 0 Å². The van der Waals surface area contributed by atoms with Gasteiger partial charge in [0.1, 0.15) is 12.3 Å². The lowest BCUT2D eigenvalue weighted by atomic mass is 9.73. The van der Waals surface area contributed by atoms with Crippen LogP contribution in [-0.2, 0) is 4.79 Å². The highest BCUT2D eigenvalue weighted by Crippen LogP contribution is 2.42. The van der Waals surface area contributed by atoms with E-state index in [2.05, 4.69) is 17.2 Å². The van der Waals surface area contributed by atoms with E-state index in [9.17, 15) is 14.7 Å². The van der Waals surface area contributed by atoms with Gasteiger partial charge >= 0.3 is 6.03 Å². The maximum Gasteiger partial charge on any atom is 0.317 e. The molecule has 0 radical (unpaired) electrons. The molecule has 2 saturated heterocycles. The van der Waals surface area contributed by atoms with E-state index in [0.29, 0.717) is 13.1 Å². The van der Waals surface area contributed by atoms with Crippen molar-refractivity contribution >= 4 is 11.9 Å². The molecule has 2 aliphatic heterocycles. The second-order valence-corrected chi connectivity index (χ2v) is 8.36. The third-order valence-electron chi connectivity index (χ3n) is 6.28. The average Bonchev–Trinajstić information content (AvgIpc) is 2.83. The molecule has 2 N–H and O–H groups in total. The van der Waals surface area contributed by atoms with Gasteiger partial charge in [0.2, 0.25) is 5.91 Å². The van der Waals surface area contributed by atoms with E-state index in [1.165, 1.54) is 0 Å². The zero-order chi connectivity index (χ0) is 23.4. The summed E-state index contributed by atoms with van der Waals surface area (Å²) in [6, 6.07) is 14.9. The van der Waals surface area contributed by atoms with Crippen LogP contribution in [-0.4, -0.2) is 72.3 Å². The molecule has 3 atom stereocenters. The van der Waals surface area contributed by atoms with Gasteiger partial charge in [-0.05, 0) is 42.3 Å². The summed E-state index contributed by atoms with van der Waals surface area (Å²) >= 11 is 0. The van der Waals surface area contributed by atoms with Crippen molar-refractivity contribution in [1.29, 1.82) is 0 Å². The van der Waals surface area contributed by atoms with E-state index in [1.54, 1.807) is 16.9 Å². The van der Waals surface area contributed by atoms with Crippen LogP contribution < -0.4 is 10.1 Å². The summed E-state index contributed by atoms with van der Waals surface area (Å²) in [4.78, 5) is 28.4. The molecule has 2 aromatic rings. The fourth-order valence-corrected chi connectivity index (χ4v) is 4.63. The Labute approximate surface area is 194 Å². The second-order valence-electron chi connectivity index (χ2n) is 8.36. The molecule has 3 amide bonds. The number of rotatable bonds is 5. The summed E-state index contributed by atoms with van der Waals surface area (Å²) in [6.45, 7) is 2.97. The monoisotopic (exact) mass is 447 g/mol. The molecule has 0 spiro atoms. The smallest absolute Gasteiger partial charge is 0.317 e. The number of benzene rings is 2. The highest BCUT2D eigenvalue weighted by molar-refractivity contribution is 5.87. The van der Waals surface area contributed by atoms with Gasteiger partial charge in [0.15, 0.2) is 0 Å². The molecule has 0 aromatic heterocycles. The standard InChI is InChI=1S/C26H29N3O4/c1-3-13-27-26(32)28-15-22-25(23(17-30)29(22)24(31)16-28)20-11-9-18(10-12-20)7-8-19-5-4-6-21(14-19)33-2/h4-6,9-12,14,22-23,25,30H,3,13,15-17H2,1-2H3,(H,27,32)/t22-,23-,25+/m0/s1. The third-order valence-corrected chi connectivity index (χ3v) is 6.28. The molecule has 33 heavy (non-hydrogen) atoms. The van der Waals surface area contributed by atoms with Crippen molar-refractivity contribution in [3.63, 3.8) is 0 Å². The second kappa shape index (κ2) is 9.97. The zero-order valence-corrected chi connectivity index (χ0v) is 19.0. The Morgan fingerprint density at radius 1 is 1.18 bits per heavy atom. The molecular formula is C26H29N3O4. The van der Waals surface area contributed by atoms with Crippen LogP contribution in [0.2, 0.25) is 0 Å². The summed E-state index contributed by atoms with van der Waals surface area (Å²) in [5, 5.41) is 12.8. The zero-order valence-electron chi connectivity index (χ0n) is 19.0. The van der Waals surface area contributed by atoms with Crippen molar-refractivity contribution in [2.75, 3.05) is 33.4 Å². The molecule has 2 aromatic carbocycles. The fraction of sp³-hybridized carbons (Fsp3) is 0.385. The third kappa shape index (κ3) is 4.67. The van der Waals surface area contributed by atoms with Gasteiger partial charge in [-0.15, -0.1) is 0 Å². The summed E-state index contributed by atoms with van der Waals surface area (Å²) in [5.74, 6) is 6.93. The molecule has 172 valence electrons. The molecule has 7 heteroatoms. The maximum atomic E-state index is 12.7. The number of aliphatic hydroxyl groups is 1. The summed E-state index contributed by atoms with van der Waals surface area (Å²) in [7, 11) is 1.63. The first-order valence-electron chi connectivity index (χ1n) is 11.3. The van der Waals surface area contributed by atoms with Crippen LogP contribution in [0, 0.1) is 11.8 Å². The molecule has 2 fully saturated rings. The first-order valence-corrected chi connectivity index (χ1v) is 11.3. The number of nitrogens with one attached hydrogen (secondary N) is 1. The van der Waals surface area contributed by atoms with Gasteiger partial charge in [0, 0.05) is 30.1 Å². The molecule has 0 bridgehead atoms. The highest BCUT2D eigenvalue weighted by atomic mass is 16.5. The minimum atomic E-state index is -0.267. The van der Waals surface area contributed by atoms with Crippen molar-refractivity contribution < 1.29 is 19.4 Å². The van der Waals surface area contributed by atoms with Crippen LogP contribution in [0.4, 0.5) is 4.79 Å². The van der Waals surface area contributed by atoms with Gasteiger partial charge < -0.3 is 25.0 Å². The Kier molecular flexibility index (Phi) is 6.85. The first kappa shape index (κ1) is 22.7. The molecule has 2 aliphatic rings. The van der Waals surface area contributed by atoms with Gasteiger partial charge in [0.25, 0.3) is 0 Å². The number of hydrogen-bond acceptors (Lipinski definition) is 4. The minimum Gasteiger partial charge on any atom is -0.497 e. The Hall–Kier alpha value is -3.50. The number of piperazine rings is 1. The van der Waals surface area contributed by atoms with Crippen LogP contribution >= 0.6 is 0 Å². The minimum absolute atomic E-state index is 0.0267. The molecule has 4 rings (SSSR count). The van der Waals surface area contributed by atoms with Crippen LogP contribution in [0.1, 0.15) is 36.0 Å². The summed E-state index contributed by atoms with van der Waals surface area (Å²) in [6.07, 6.45) is 0.839. The number of nitrogens with zero attached hydrogens (tertiary/aromatic N) is 2. The average molecular weight is 448 g/mol. The van der Waals surface area contributed by atoms with Crippen LogP contribution in [0.3, 0.4) is 0 Å². The highest BCUT2D eigenvalue weighted by Gasteiger charge is 2.54. The largest absolute Gasteiger partial charge is 0.497 e. The van der Waals surface area contributed by atoms with Crippen molar-refractivity contribution in [3.8, 4) is 17.6 Å². The first-order chi connectivity index (χ1) is 16.0. The number of urea groups is 1. The Morgan fingerprint density at radius 3 is 2.64 bits per heavy atom. The maximum absolute atomic E-state index is 12.7. The predicted octanol–water partition coefficient (Wildman–Crippen LogP) is 2.19. The van der Waals surface area contributed by atoms with Crippen molar-refractivity contribution in [3.05, 3.63) is 65.2 Å². The molecule has 7 nitrogen and oxygen atoms in total. The Morgan fingerprint density at radius 2 is 1.94 bits per heavy atom. The lowest BCUT2D eigenvalue weighted by Gasteiger charge is -2.58. The predicted molar refractivity (Wildman–Crippen MR) is 125 cm³/mol. The summed E-state index contributed by atoms with van der Waals surface area (Å²) < 4.78 is 5.24.